The van der Waals surface area contributed by atoms with E-state index >= 15 is 0 Å². The van der Waals surface area contributed by atoms with Gasteiger partial charge in [-0.2, -0.15) is 5.10 Å². The number of thiazole rings is 1. The summed E-state index contributed by atoms with van der Waals surface area (Å²) in [7, 11) is 1.95. The van der Waals surface area contributed by atoms with Crippen LogP contribution >= 0.6 is 11.3 Å². The molecule has 7 nitrogen and oxygen atoms in total. The quantitative estimate of drug-likeness (QED) is 0.896. The molecule has 2 amide bonds. The molecule has 0 spiro atoms. The fraction of sp³-hybridized carbons (Fsp3) is 0.611. The molecule has 0 atom stereocenters. The molecule has 0 unspecified atom stereocenters. The topological polar surface area (TPSA) is 66.3 Å². The number of anilines is 1. The van der Waals surface area contributed by atoms with Gasteiger partial charge in [0, 0.05) is 57.0 Å². The number of urea groups is 1. The zero-order valence-electron chi connectivity index (χ0n) is 15.2. The highest BCUT2D eigenvalue weighted by Crippen LogP contribution is 2.28. The molecule has 0 saturated carbocycles. The molecule has 2 saturated heterocycles. The summed E-state index contributed by atoms with van der Waals surface area (Å²) < 4.78 is 1.85. The third-order valence-corrected chi connectivity index (χ3v) is 6.32. The van der Waals surface area contributed by atoms with Crippen LogP contribution in [-0.4, -0.2) is 57.9 Å². The van der Waals surface area contributed by atoms with Crippen molar-refractivity contribution in [2.24, 2.45) is 7.05 Å². The monoisotopic (exact) mass is 374 g/mol. The Balaban J connectivity index is 1.22. The van der Waals surface area contributed by atoms with Crippen LogP contribution in [0.3, 0.4) is 0 Å². The van der Waals surface area contributed by atoms with Crippen LogP contribution in [0.15, 0.2) is 24.0 Å². The van der Waals surface area contributed by atoms with Crippen molar-refractivity contribution in [1.29, 1.82) is 0 Å². The molecule has 4 heterocycles. The number of carbonyl (C=O) groups excluding carboxylic acids is 1. The first kappa shape index (κ1) is 17.3. The maximum Gasteiger partial charge on any atom is 0.317 e. The van der Waals surface area contributed by atoms with E-state index in [1.807, 2.05) is 34.4 Å². The van der Waals surface area contributed by atoms with Crippen molar-refractivity contribution in [3.63, 3.8) is 0 Å². The van der Waals surface area contributed by atoms with Crippen molar-refractivity contribution >= 4 is 22.5 Å². The normalized spacial score (nSPS) is 19.7. The van der Waals surface area contributed by atoms with Crippen molar-refractivity contribution in [2.75, 3.05) is 31.1 Å². The number of amides is 2. The summed E-state index contributed by atoms with van der Waals surface area (Å²) in [5, 5.41) is 10.6. The number of aryl methyl sites for hydroxylation is 1. The van der Waals surface area contributed by atoms with Crippen molar-refractivity contribution in [2.45, 2.75) is 37.6 Å². The summed E-state index contributed by atoms with van der Waals surface area (Å²) in [4.78, 5) is 21.3. The molecule has 2 aliphatic heterocycles. The molecule has 0 radical (unpaired) electrons. The number of hydrogen-bond acceptors (Lipinski definition) is 5. The smallest absolute Gasteiger partial charge is 0.317 e. The van der Waals surface area contributed by atoms with E-state index in [-0.39, 0.29) is 12.1 Å². The van der Waals surface area contributed by atoms with Gasteiger partial charge in [0.1, 0.15) is 0 Å². The number of aromatic nitrogens is 3. The Morgan fingerprint density at radius 3 is 2.58 bits per heavy atom. The van der Waals surface area contributed by atoms with Crippen LogP contribution in [0, 0.1) is 0 Å². The van der Waals surface area contributed by atoms with Gasteiger partial charge in [-0.3, -0.25) is 4.68 Å². The zero-order valence-corrected chi connectivity index (χ0v) is 16.0. The van der Waals surface area contributed by atoms with Gasteiger partial charge in [0.15, 0.2) is 5.13 Å². The van der Waals surface area contributed by atoms with Crippen LogP contribution in [0.4, 0.5) is 9.93 Å². The molecular formula is C18H26N6OS. The highest BCUT2D eigenvalue weighted by molar-refractivity contribution is 7.13. The van der Waals surface area contributed by atoms with Gasteiger partial charge in [0.2, 0.25) is 0 Å². The summed E-state index contributed by atoms with van der Waals surface area (Å²) in [5.41, 5.74) is 1.29. The molecule has 4 rings (SSSR count). The van der Waals surface area contributed by atoms with Gasteiger partial charge in [-0.25, -0.2) is 9.78 Å². The predicted octanol–water partition coefficient (Wildman–Crippen LogP) is 2.43. The lowest BCUT2D eigenvalue weighted by atomic mass is 9.92. The van der Waals surface area contributed by atoms with Crippen molar-refractivity contribution in [3.05, 3.63) is 29.5 Å². The Labute approximate surface area is 158 Å². The van der Waals surface area contributed by atoms with Gasteiger partial charge < -0.3 is 15.1 Å². The number of carbonyl (C=O) groups is 1. The van der Waals surface area contributed by atoms with E-state index in [2.05, 4.69) is 26.5 Å². The third kappa shape index (κ3) is 3.85. The highest BCUT2D eigenvalue weighted by Gasteiger charge is 2.27. The molecule has 2 aromatic heterocycles. The molecule has 2 aromatic rings. The van der Waals surface area contributed by atoms with Gasteiger partial charge in [-0.1, -0.05) is 0 Å². The van der Waals surface area contributed by atoms with E-state index < -0.39 is 0 Å². The maximum absolute atomic E-state index is 12.6. The van der Waals surface area contributed by atoms with E-state index in [0.29, 0.717) is 5.92 Å². The second kappa shape index (κ2) is 7.65. The van der Waals surface area contributed by atoms with E-state index in [0.717, 1.165) is 57.0 Å². The van der Waals surface area contributed by atoms with E-state index in [1.54, 1.807) is 11.3 Å². The summed E-state index contributed by atoms with van der Waals surface area (Å²) >= 11 is 1.68. The average molecular weight is 375 g/mol. The number of likely N-dealkylation sites (tertiary alicyclic amines) is 1. The first-order valence-electron chi connectivity index (χ1n) is 9.37. The number of piperidine rings is 2. The van der Waals surface area contributed by atoms with Crippen LogP contribution in [0.5, 0.6) is 0 Å². The maximum atomic E-state index is 12.6. The second-order valence-corrected chi connectivity index (χ2v) is 8.11. The largest absolute Gasteiger partial charge is 0.348 e. The molecule has 26 heavy (non-hydrogen) atoms. The van der Waals surface area contributed by atoms with Gasteiger partial charge in [0.25, 0.3) is 0 Å². The first-order chi connectivity index (χ1) is 12.7. The lowest BCUT2D eigenvalue weighted by molar-refractivity contribution is 0.175. The Morgan fingerprint density at radius 1 is 1.19 bits per heavy atom. The Hall–Kier alpha value is -2.09. The Morgan fingerprint density at radius 2 is 1.96 bits per heavy atom. The molecule has 0 aromatic carbocycles. The molecular weight excluding hydrogens is 348 g/mol. The zero-order chi connectivity index (χ0) is 17.9. The fourth-order valence-electron chi connectivity index (χ4n) is 3.92. The predicted molar refractivity (Wildman–Crippen MR) is 103 cm³/mol. The summed E-state index contributed by atoms with van der Waals surface area (Å²) in [6.45, 7) is 3.57. The van der Waals surface area contributed by atoms with Crippen LogP contribution in [-0.2, 0) is 7.05 Å². The summed E-state index contributed by atoms with van der Waals surface area (Å²) in [6.07, 6.45) is 9.90. The lowest BCUT2D eigenvalue weighted by Gasteiger charge is -2.35. The number of nitrogens with zero attached hydrogens (tertiary/aromatic N) is 5. The summed E-state index contributed by atoms with van der Waals surface area (Å²) in [6, 6.07) is 0.372. The summed E-state index contributed by atoms with van der Waals surface area (Å²) in [5.74, 6) is 0.522. The minimum atomic E-state index is 0.0994. The molecule has 8 heteroatoms. The number of hydrogen-bond donors (Lipinski definition) is 1. The average Bonchev–Trinajstić information content (AvgIpc) is 3.34. The molecule has 2 aliphatic rings. The molecule has 0 bridgehead atoms. The molecule has 140 valence electrons. The van der Waals surface area contributed by atoms with Crippen molar-refractivity contribution in [3.8, 4) is 0 Å². The first-order valence-corrected chi connectivity index (χ1v) is 10.3. The van der Waals surface area contributed by atoms with Gasteiger partial charge in [0.05, 0.1) is 6.20 Å². The molecule has 2 fully saturated rings. The van der Waals surface area contributed by atoms with Crippen LogP contribution in [0.25, 0.3) is 0 Å². The fourth-order valence-corrected chi connectivity index (χ4v) is 4.62. The SMILES string of the molecule is Cn1cc(C2CCN(C(=O)NC3CCN(c4nccs4)CC3)CC2)cn1. The highest BCUT2D eigenvalue weighted by atomic mass is 32.1. The van der Waals surface area contributed by atoms with E-state index in [1.165, 1.54) is 5.56 Å². The molecule has 1 N–H and O–H groups in total. The standard InChI is InChI=1S/C18H26N6OS/c1-22-13-15(12-20-22)14-2-7-23(8-3-14)17(25)21-16-4-9-24(10-5-16)18-19-6-11-26-18/h6,11-14,16H,2-5,7-10H2,1H3,(H,21,25). The lowest BCUT2D eigenvalue weighted by Crippen LogP contribution is -2.50. The van der Waals surface area contributed by atoms with E-state index in [9.17, 15) is 4.79 Å². The minimum Gasteiger partial charge on any atom is -0.348 e. The van der Waals surface area contributed by atoms with Crippen LogP contribution in [0.1, 0.15) is 37.2 Å². The second-order valence-electron chi connectivity index (χ2n) is 7.23. The van der Waals surface area contributed by atoms with Crippen molar-refractivity contribution < 1.29 is 4.79 Å². The molecule has 0 aliphatic carbocycles. The van der Waals surface area contributed by atoms with Crippen LogP contribution in [0.2, 0.25) is 0 Å². The van der Waals surface area contributed by atoms with E-state index in [4.69, 9.17) is 0 Å². The van der Waals surface area contributed by atoms with Gasteiger partial charge >= 0.3 is 6.03 Å². The van der Waals surface area contributed by atoms with Gasteiger partial charge in [-0.15, -0.1) is 11.3 Å². The van der Waals surface area contributed by atoms with Crippen LogP contribution < -0.4 is 10.2 Å². The number of rotatable bonds is 3. The van der Waals surface area contributed by atoms with Crippen molar-refractivity contribution in [1.82, 2.24) is 25.0 Å². The number of nitrogens with one attached hydrogen (secondary N) is 1. The third-order valence-electron chi connectivity index (χ3n) is 5.49. The minimum absolute atomic E-state index is 0.0994. The Kier molecular flexibility index (Phi) is 5.10. The Bertz CT molecular complexity index is 714. The van der Waals surface area contributed by atoms with Gasteiger partial charge in [-0.05, 0) is 37.2 Å².